The van der Waals surface area contributed by atoms with Crippen LogP contribution in [0.5, 0.6) is 0 Å². The van der Waals surface area contributed by atoms with Gasteiger partial charge in [-0.3, -0.25) is 14.6 Å². The number of hydrogen-bond donors (Lipinski definition) is 1. The monoisotopic (exact) mass is 378 g/mol. The molecular weight excluding hydrogens is 360 g/mol. The first-order chi connectivity index (χ1) is 13.2. The fourth-order valence-electron chi connectivity index (χ4n) is 3.01. The lowest BCUT2D eigenvalue weighted by Crippen LogP contribution is -2.23. The number of nitrogens with one attached hydrogen (secondary N) is 1. The van der Waals surface area contributed by atoms with E-state index in [1.165, 1.54) is 11.3 Å². The minimum absolute atomic E-state index is 0.127. The van der Waals surface area contributed by atoms with E-state index in [1.54, 1.807) is 11.1 Å². The molecule has 1 N–H and O–H groups in total. The predicted molar refractivity (Wildman–Crippen MR) is 106 cm³/mol. The second-order valence-corrected chi connectivity index (χ2v) is 7.14. The topological polar surface area (TPSA) is 75.2 Å². The Morgan fingerprint density at radius 2 is 2.04 bits per heavy atom. The first-order valence-corrected chi connectivity index (χ1v) is 9.63. The summed E-state index contributed by atoms with van der Waals surface area (Å²) in [4.78, 5) is 34.6. The van der Waals surface area contributed by atoms with Gasteiger partial charge in [0, 0.05) is 35.9 Å². The van der Waals surface area contributed by atoms with E-state index < -0.39 is 0 Å². The molecule has 0 aliphatic carbocycles. The van der Waals surface area contributed by atoms with Crippen LogP contribution in [0.4, 0.5) is 11.4 Å². The highest BCUT2D eigenvalue weighted by atomic mass is 32.1. The van der Waals surface area contributed by atoms with Crippen molar-refractivity contribution in [3.63, 3.8) is 0 Å². The normalized spacial score (nSPS) is 13.8. The third-order valence-corrected chi connectivity index (χ3v) is 5.23. The number of aromatic nitrogens is 2. The van der Waals surface area contributed by atoms with Gasteiger partial charge < -0.3 is 10.2 Å². The summed E-state index contributed by atoms with van der Waals surface area (Å²) in [6.45, 7) is 0.757. The molecule has 1 fully saturated rings. The van der Waals surface area contributed by atoms with E-state index in [0.29, 0.717) is 12.1 Å². The summed E-state index contributed by atoms with van der Waals surface area (Å²) in [5.41, 5.74) is 3.10. The molecule has 0 saturated carbocycles. The van der Waals surface area contributed by atoms with Crippen LogP contribution >= 0.6 is 11.3 Å². The number of benzene rings is 1. The number of rotatable bonds is 5. The zero-order valence-corrected chi connectivity index (χ0v) is 15.4. The maximum Gasteiger partial charge on any atom is 0.230 e. The lowest BCUT2D eigenvalue weighted by Gasteiger charge is -2.16. The molecule has 1 saturated heterocycles. The van der Waals surface area contributed by atoms with Crippen LogP contribution in [0.15, 0.2) is 54.0 Å². The maximum absolute atomic E-state index is 12.3. The molecule has 3 aromatic rings. The van der Waals surface area contributed by atoms with Gasteiger partial charge in [-0.25, -0.2) is 4.98 Å². The molecule has 0 bridgehead atoms. The van der Waals surface area contributed by atoms with E-state index in [1.807, 2.05) is 47.8 Å². The number of thiazole rings is 1. The Morgan fingerprint density at radius 1 is 1.19 bits per heavy atom. The van der Waals surface area contributed by atoms with E-state index in [9.17, 15) is 9.59 Å². The van der Waals surface area contributed by atoms with E-state index in [2.05, 4.69) is 15.3 Å². The minimum Gasteiger partial charge on any atom is -0.326 e. The summed E-state index contributed by atoms with van der Waals surface area (Å²) < 4.78 is 0. The van der Waals surface area contributed by atoms with E-state index in [-0.39, 0.29) is 18.2 Å². The zero-order valence-electron chi connectivity index (χ0n) is 14.6. The van der Waals surface area contributed by atoms with E-state index in [4.69, 9.17) is 0 Å². The second kappa shape index (κ2) is 7.67. The molecule has 1 aliphatic heterocycles. The van der Waals surface area contributed by atoms with Crippen LogP contribution in [0, 0.1) is 0 Å². The summed E-state index contributed by atoms with van der Waals surface area (Å²) in [6.07, 6.45) is 3.43. The van der Waals surface area contributed by atoms with Crippen LogP contribution in [0.2, 0.25) is 0 Å². The van der Waals surface area contributed by atoms with Crippen molar-refractivity contribution in [3.8, 4) is 10.7 Å². The fraction of sp³-hybridized carbons (Fsp3) is 0.200. The van der Waals surface area contributed by atoms with Gasteiger partial charge in [-0.1, -0.05) is 6.07 Å². The Morgan fingerprint density at radius 3 is 2.74 bits per heavy atom. The Hall–Kier alpha value is -3.06. The molecular formula is C20H18N4O2S. The molecule has 27 heavy (non-hydrogen) atoms. The zero-order chi connectivity index (χ0) is 18.6. The van der Waals surface area contributed by atoms with Crippen molar-refractivity contribution in [2.75, 3.05) is 16.8 Å². The summed E-state index contributed by atoms with van der Waals surface area (Å²) in [7, 11) is 0. The molecule has 2 aromatic heterocycles. The van der Waals surface area contributed by atoms with Crippen molar-refractivity contribution >= 4 is 34.5 Å². The average Bonchev–Trinajstić information content (AvgIpc) is 3.32. The van der Waals surface area contributed by atoms with Crippen molar-refractivity contribution in [2.45, 2.75) is 19.3 Å². The lowest BCUT2D eigenvalue weighted by atomic mass is 10.2. The summed E-state index contributed by atoms with van der Waals surface area (Å²) >= 11 is 1.48. The molecule has 3 heterocycles. The standard InChI is InChI=1S/C20H18N4O2S/c25-18(12-15-13-27-20(23-15)17-4-1-2-10-21-17)22-14-6-8-16(9-7-14)24-11-3-5-19(24)26/h1-2,4,6-10,13H,3,5,11-12H2,(H,22,25). The van der Waals surface area contributed by atoms with Gasteiger partial charge >= 0.3 is 0 Å². The lowest BCUT2D eigenvalue weighted by molar-refractivity contribution is -0.117. The minimum atomic E-state index is -0.127. The molecule has 6 nitrogen and oxygen atoms in total. The molecule has 1 aromatic carbocycles. The number of carbonyl (C=O) groups is 2. The summed E-state index contributed by atoms with van der Waals surface area (Å²) in [5, 5.41) is 5.56. The van der Waals surface area contributed by atoms with Crippen LogP contribution in [0.25, 0.3) is 10.7 Å². The first kappa shape index (κ1) is 17.4. The van der Waals surface area contributed by atoms with Crippen LogP contribution < -0.4 is 10.2 Å². The molecule has 1 aliphatic rings. The molecule has 4 rings (SSSR count). The molecule has 0 spiro atoms. The van der Waals surface area contributed by atoms with Gasteiger partial charge in [-0.2, -0.15) is 0 Å². The Balaban J connectivity index is 1.37. The van der Waals surface area contributed by atoms with Gasteiger partial charge in [0.2, 0.25) is 11.8 Å². The fourth-order valence-corrected chi connectivity index (χ4v) is 3.81. The van der Waals surface area contributed by atoms with Crippen LogP contribution in [0.3, 0.4) is 0 Å². The van der Waals surface area contributed by atoms with Gasteiger partial charge in [-0.15, -0.1) is 11.3 Å². The van der Waals surface area contributed by atoms with Gasteiger partial charge in [0.05, 0.1) is 17.8 Å². The number of pyridine rings is 1. The van der Waals surface area contributed by atoms with E-state index >= 15 is 0 Å². The Bertz CT molecular complexity index is 954. The van der Waals surface area contributed by atoms with Crippen molar-refractivity contribution < 1.29 is 9.59 Å². The highest BCUT2D eigenvalue weighted by Crippen LogP contribution is 2.24. The van der Waals surface area contributed by atoms with Crippen LogP contribution in [-0.2, 0) is 16.0 Å². The number of amides is 2. The summed E-state index contributed by atoms with van der Waals surface area (Å²) in [6, 6.07) is 13.0. The van der Waals surface area contributed by atoms with Crippen LogP contribution in [0.1, 0.15) is 18.5 Å². The molecule has 7 heteroatoms. The highest BCUT2D eigenvalue weighted by molar-refractivity contribution is 7.13. The predicted octanol–water partition coefficient (Wildman–Crippen LogP) is 3.51. The molecule has 0 radical (unpaired) electrons. The Labute approximate surface area is 160 Å². The number of anilines is 2. The maximum atomic E-state index is 12.3. The largest absolute Gasteiger partial charge is 0.326 e. The molecule has 136 valence electrons. The second-order valence-electron chi connectivity index (χ2n) is 6.28. The molecule has 2 amide bonds. The van der Waals surface area contributed by atoms with Crippen molar-refractivity contribution in [1.29, 1.82) is 0 Å². The Kier molecular flexibility index (Phi) is 4.93. The smallest absolute Gasteiger partial charge is 0.230 e. The van der Waals surface area contributed by atoms with E-state index in [0.717, 1.165) is 35.0 Å². The van der Waals surface area contributed by atoms with Crippen molar-refractivity contribution in [2.24, 2.45) is 0 Å². The average molecular weight is 378 g/mol. The van der Waals surface area contributed by atoms with Crippen LogP contribution in [-0.4, -0.2) is 28.3 Å². The quantitative estimate of drug-likeness (QED) is 0.737. The third kappa shape index (κ3) is 4.03. The van der Waals surface area contributed by atoms with Gasteiger partial charge in [0.25, 0.3) is 0 Å². The summed E-state index contributed by atoms with van der Waals surface area (Å²) in [5.74, 6) is 0.0249. The third-order valence-electron chi connectivity index (χ3n) is 4.31. The molecule has 0 unspecified atom stereocenters. The molecule has 0 atom stereocenters. The SMILES string of the molecule is O=C(Cc1csc(-c2ccccn2)n1)Nc1ccc(N2CCCC2=O)cc1. The van der Waals surface area contributed by atoms with Crippen molar-refractivity contribution in [3.05, 3.63) is 59.7 Å². The number of carbonyl (C=O) groups excluding carboxylic acids is 2. The first-order valence-electron chi connectivity index (χ1n) is 8.75. The van der Waals surface area contributed by atoms with Crippen molar-refractivity contribution in [1.82, 2.24) is 9.97 Å². The van der Waals surface area contributed by atoms with Gasteiger partial charge in [0.15, 0.2) is 0 Å². The van der Waals surface area contributed by atoms with Gasteiger partial charge in [0.1, 0.15) is 5.01 Å². The number of nitrogens with zero attached hydrogens (tertiary/aromatic N) is 3. The van der Waals surface area contributed by atoms with Gasteiger partial charge in [-0.05, 0) is 42.8 Å². The number of hydrogen-bond acceptors (Lipinski definition) is 5. The highest BCUT2D eigenvalue weighted by Gasteiger charge is 2.21.